The van der Waals surface area contributed by atoms with Crippen LogP contribution in [0.15, 0.2) is 38.1 Å². The van der Waals surface area contributed by atoms with Gasteiger partial charge in [-0.3, -0.25) is 0 Å². The van der Waals surface area contributed by atoms with Gasteiger partial charge in [0.2, 0.25) is 10.0 Å². The van der Waals surface area contributed by atoms with Gasteiger partial charge in [-0.25, -0.2) is 17.5 Å². The lowest BCUT2D eigenvalue weighted by atomic mass is 10.3. The van der Waals surface area contributed by atoms with Gasteiger partial charge in [-0.15, -0.1) is 0 Å². The van der Waals surface area contributed by atoms with Crippen LogP contribution in [0, 0.1) is 12.7 Å². The van der Waals surface area contributed by atoms with Gasteiger partial charge in [0.25, 0.3) is 0 Å². The lowest BCUT2D eigenvalue weighted by Gasteiger charge is -2.08. The molecular formula is C12H12BrFN2O3S. The monoisotopic (exact) mass is 362 g/mol. The largest absolute Gasteiger partial charge is 0.465 e. The van der Waals surface area contributed by atoms with Gasteiger partial charge in [0.05, 0.1) is 6.54 Å². The molecule has 0 spiro atoms. The molecule has 5 nitrogen and oxygen atoms in total. The van der Waals surface area contributed by atoms with E-state index < -0.39 is 20.7 Å². The molecule has 0 atom stereocenters. The average molecular weight is 363 g/mol. The Morgan fingerprint density at radius 2 is 2.10 bits per heavy atom. The maximum Gasteiger partial charge on any atom is 0.243 e. The van der Waals surface area contributed by atoms with Crippen molar-refractivity contribution in [2.45, 2.75) is 18.4 Å². The number of furan rings is 1. The fourth-order valence-corrected chi connectivity index (χ4v) is 2.98. The van der Waals surface area contributed by atoms with E-state index in [-0.39, 0.29) is 12.2 Å². The summed E-state index contributed by atoms with van der Waals surface area (Å²) in [6, 6.07) is 5.43. The smallest absolute Gasteiger partial charge is 0.243 e. The van der Waals surface area contributed by atoms with E-state index >= 15 is 0 Å². The van der Waals surface area contributed by atoms with Crippen molar-refractivity contribution in [3.05, 3.63) is 46.1 Å². The Labute approximate surface area is 124 Å². The van der Waals surface area contributed by atoms with Gasteiger partial charge in [0.1, 0.15) is 22.2 Å². The molecule has 0 aliphatic rings. The summed E-state index contributed by atoms with van der Waals surface area (Å²) in [5.74, 6) is 0.226. The van der Waals surface area contributed by atoms with Crippen LogP contribution in [0.25, 0.3) is 0 Å². The highest BCUT2D eigenvalue weighted by molar-refractivity contribution is 9.10. The molecule has 2 aromatic rings. The van der Waals surface area contributed by atoms with Gasteiger partial charge in [-0.05, 0) is 47.1 Å². The zero-order valence-corrected chi connectivity index (χ0v) is 12.9. The molecule has 1 aromatic heterocycles. The molecule has 3 N–H and O–H groups in total. The second-order valence-electron chi connectivity index (χ2n) is 4.14. The zero-order valence-electron chi connectivity index (χ0n) is 10.5. The van der Waals surface area contributed by atoms with Crippen molar-refractivity contribution in [3.63, 3.8) is 0 Å². The van der Waals surface area contributed by atoms with E-state index in [4.69, 9.17) is 10.2 Å². The fraction of sp³-hybridized carbons (Fsp3) is 0.167. The van der Waals surface area contributed by atoms with E-state index in [2.05, 4.69) is 20.7 Å². The van der Waals surface area contributed by atoms with Crippen LogP contribution in [0.1, 0.15) is 11.5 Å². The van der Waals surface area contributed by atoms with Crippen LogP contribution in [0.5, 0.6) is 0 Å². The van der Waals surface area contributed by atoms with Crippen LogP contribution in [-0.4, -0.2) is 8.42 Å². The molecule has 0 aliphatic carbocycles. The third kappa shape index (κ3) is 3.20. The predicted octanol–water partition coefficient (Wildman–Crippen LogP) is 2.55. The Hall–Kier alpha value is -1.38. The first-order valence-electron chi connectivity index (χ1n) is 5.59. The Morgan fingerprint density at radius 3 is 2.70 bits per heavy atom. The maximum atomic E-state index is 13.7. The van der Waals surface area contributed by atoms with Crippen LogP contribution < -0.4 is 10.5 Å². The zero-order chi connectivity index (χ0) is 14.9. The molecule has 0 radical (unpaired) electrons. The second-order valence-corrected chi connectivity index (χ2v) is 6.73. The molecule has 8 heteroatoms. The van der Waals surface area contributed by atoms with Gasteiger partial charge in [0, 0.05) is 10.2 Å². The Kier molecular flexibility index (Phi) is 4.17. The first kappa shape index (κ1) is 15.0. The first-order valence-corrected chi connectivity index (χ1v) is 7.87. The first-order chi connectivity index (χ1) is 9.29. The summed E-state index contributed by atoms with van der Waals surface area (Å²) in [6.45, 7) is 1.68. The van der Waals surface area contributed by atoms with Crippen molar-refractivity contribution >= 4 is 31.6 Å². The number of anilines is 1. The number of halogens is 2. The maximum absolute atomic E-state index is 13.7. The summed E-state index contributed by atoms with van der Waals surface area (Å²) in [7, 11) is -4.00. The van der Waals surface area contributed by atoms with Crippen LogP contribution in [0.3, 0.4) is 0 Å². The van der Waals surface area contributed by atoms with Gasteiger partial charge in [0.15, 0.2) is 0 Å². The molecule has 20 heavy (non-hydrogen) atoms. The van der Waals surface area contributed by atoms with Gasteiger partial charge in [-0.1, -0.05) is 0 Å². The molecule has 1 heterocycles. The average Bonchev–Trinajstić information content (AvgIpc) is 2.77. The summed E-state index contributed by atoms with van der Waals surface area (Å²) in [4.78, 5) is -0.499. The molecule has 0 amide bonds. The van der Waals surface area contributed by atoms with Crippen LogP contribution in [0.2, 0.25) is 0 Å². The summed E-state index contributed by atoms with van der Waals surface area (Å²) < 4.78 is 45.6. The minimum absolute atomic E-state index is 0.0639. The lowest BCUT2D eigenvalue weighted by molar-refractivity contribution is 0.474. The lowest BCUT2D eigenvalue weighted by Crippen LogP contribution is -2.24. The SMILES string of the molecule is Cc1ccc(CNS(=O)(=O)c2cc(N)c(Br)cc2F)o1. The number of sulfonamides is 1. The molecule has 0 saturated heterocycles. The van der Waals surface area contributed by atoms with E-state index in [1.54, 1.807) is 19.1 Å². The number of nitrogen functional groups attached to an aromatic ring is 1. The number of rotatable bonds is 4. The highest BCUT2D eigenvalue weighted by Gasteiger charge is 2.20. The number of hydrogen-bond acceptors (Lipinski definition) is 4. The van der Waals surface area contributed by atoms with E-state index in [1.165, 1.54) is 0 Å². The van der Waals surface area contributed by atoms with Crippen LogP contribution in [-0.2, 0) is 16.6 Å². The summed E-state index contributed by atoms with van der Waals surface area (Å²) in [5, 5.41) is 0. The number of benzene rings is 1. The van der Waals surface area contributed by atoms with Gasteiger partial charge < -0.3 is 10.2 Å². The highest BCUT2D eigenvalue weighted by atomic mass is 79.9. The van der Waals surface area contributed by atoms with E-state index in [0.29, 0.717) is 16.0 Å². The van der Waals surface area contributed by atoms with Crippen molar-refractivity contribution in [2.24, 2.45) is 0 Å². The molecule has 0 unspecified atom stereocenters. The third-order valence-electron chi connectivity index (χ3n) is 2.57. The molecule has 0 bridgehead atoms. The standard InChI is InChI=1S/C12H12BrFN2O3S/c1-7-2-3-8(19-7)6-16-20(17,18)12-5-11(15)9(13)4-10(12)14/h2-5,16H,6,15H2,1H3. The third-order valence-corrected chi connectivity index (χ3v) is 4.68. The summed E-state index contributed by atoms with van der Waals surface area (Å²) >= 11 is 3.03. The van der Waals surface area contributed by atoms with Crippen LogP contribution in [0.4, 0.5) is 10.1 Å². The van der Waals surface area contributed by atoms with Crippen molar-refractivity contribution in [1.29, 1.82) is 0 Å². The molecule has 0 saturated carbocycles. The molecule has 0 fully saturated rings. The minimum Gasteiger partial charge on any atom is -0.465 e. The molecular weight excluding hydrogens is 351 g/mol. The van der Waals surface area contributed by atoms with E-state index in [0.717, 1.165) is 12.1 Å². The summed E-state index contributed by atoms with van der Waals surface area (Å²) in [5.41, 5.74) is 5.71. The second kappa shape index (κ2) is 5.55. The number of nitrogens with one attached hydrogen (secondary N) is 1. The summed E-state index contributed by atoms with van der Waals surface area (Å²) in [6.07, 6.45) is 0. The Bertz CT molecular complexity index is 743. The Balaban J connectivity index is 2.24. The number of aryl methyl sites for hydroxylation is 1. The van der Waals surface area contributed by atoms with Gasteiger partial charge >= 0.3 is 0 Å². The quantitative estimate of drug-likeness (QED) is 0.818. The number of nitrogens with two attached hydrogens (primary N) is 1. The van der Waals surface area contributed by atoms with Crippen molar-refractivity contribution in [2.75, 3.05) is 5.73 Å². The van der Waals surface area contributed by atoms with Gasteiger partial charge in [-0.2, -0.15) is 0 Å². The molecule has 2 rings (SSSR count). The fourth-order valence-electron chi connectivity index (χ4n) is 1.57. The molecule has 108 valence electrons. The van der Waals surface area contributed by atoms with E-state index in [9.17, 15) is 12.8 Å². The van der Waals surface area contributed by atoms with E-state index in [1.807, 2.05) is 0 Å². The van der Waals surface area contributed by atoms with Crippen molar-refractivity contribution in [1.82, 2.24) is 4.72 Å². The predicted molar refractivity (Wildman–Crippen MR) is 76.0 cm³/mol. The normalized spacial score (nSPS) is 11.8. The van der Waals surface area contributed by atoms with Crippen molar-refractivity contribution < 1.29 is 17.2 Å². The molecule has 1 aromatic carbocycles. The van der Waals surface area contributed by atoms with Crippen molar-refractivity contribution in [3.8, 4) is 0 Å². The van der Waals surface area contributed by atoms with Crippen LogP contribution >= 0.6 is 15.9 Å². The number of hydrogen-bond donors (Lipinski definition) is 2. The Morgan fingerprint density at radius 1 is 1.40 bits per heavy atom. The highest BCUT2D eigenvalue weighted by Crippen LogP contribution is 2.26. The molecule has 0 aliphatic heterocycles. The topological polar surface area (TPSA) is 85.3 Å². The minimum atomic E-state index is -4.00.